The average molecular weight is 146 g/mol. The van der Waals surface area contributed by atoms with Crippen LogP contribution in [0.25, 0.3) is 0 Å². The van der Waals surface area contributed by atoms with Crippen LogP contribution in [0.1, 0.15) is 20.3 Å². The second-order valence-electron chi connectivity index (χ2n) is 2.55. The van der Waals surface area contributed by atoms with Gasteiger partial charge in [-0.05, 0) is 24.5 Å². The van der Waals surface area contributed by atoms with Gasteiger partial charge in [0, 0.05) is 0 Å². The molecule has 0 saturated heterocycles. The minimum absolute atomic E-state index is 1.11. The summed E-state index contributed by atoms with van der Waals surface area (Å²) in [5.74, 6) is 0. The smallest absolute Gasteiger partial charge is 0.0191 e. The maximum atomic E-state index is 2.25. The molecule has 0 saturated carbocycles. The van der Waals surface area contributed by atoms with Crippen LogP contribution in [0.3, 0.4) is 0 Å². The van der Waals surface area contributed by atoms with Gasteiger partial charge in [-0.3, -0.25) is 0 Å². The van der Waals surface area contributed by atoms with Crippen LogP contribution in [0.5, 0.6) is 0 Å². The van der Waals surface area contributed by atoms with Gasteiger partial charge in [0.05, 0.1) is 0 Å². The van der Waals surface area contributed by atoms with Crippen molar-refractivity contribution in [2.24, 2.45) is 0 Å². The molecule has 0 N–H and O–H groups in total. The number of hydrogen-bond acceptors (Lipinski definition) is 0. The third-order valence-corrected chi connectivity index (χ3v) is 1.66. The van der Waals surface area contributed by atoms with Crippen molar-refractivity contribution in [2.45, 2.75) is 20.3 Å². The van der Waals surface area contributed by atoms with E-state index in [1.165, 1.54) is 11.1 Å². The Hall–Kier alpha value is -1.04. The molecule has 0 aliphatic heterocycles. The molecule has 0 nitrogen and oxygen atoms in total. The summed E-state index contributed by atoms with van der Waals surface area (Å²) in [5.41, 5.74) is 2.68. The summed E-state index contributed by atoms with van der Waals surface area (Å²) in [7, 11) is 0. The van der Waals surface area contributed by atoms with Crippen molar-refractivity contribution in [3.05, 3.63) is 47.6 Å². The Balaban J connectivity index is 2.77. The van der Waals surface area contributed by atoms with Crippen LogP contribution in [0.2, 0.25) is 0 Å². The molecule has 1 rings (SSSR count). The molecule has 0 aromatic carbocycles. The number of rotatable bonds is 2. The monoisotopic (exact) mass is 146 g/mol. The summed E-state index contributed by atoms with van der Waals surface area (Å²) >= 11 is 0. The standard InChI is InChI=1S/C11H14/c1-3-6-10-8-5-9-11(10)7-4-2/h3,5-9H,4H2,1-2H3. The first kappa shape index (κ1) is 8.06. The predicted octanol–water partition coefficient (Wildman–Crippen LogP) is 3.40. The van der Waals surface area contributed by atoms with Gasteiger partial charge in [-0.15, -0.1) is 0 Å². The van der Waals surface area contributed by atoms with Gasteiger partial charge in [-0.2, -0.15) is 0 Å². The van der Waals surface area contributed by atoms with E-state index in [0.29, 0.717) is 0 Å². The first-order chi connectivity index (χ1) is 5.38. The van der Waals surface area contributed by atoms with Gasteiger partial charge in [0.1, 0.15) is 0 Å². The van der Waals surface area contributed by atoms with E-state index in [1.54, 1.807) is 0 Å². The Labute approximate surface area is 68.6 Å². The summed E-state index contributed by atoms with van der Waals surface area (Å²) in [4.78, 5) is 0. The van der Waals surface area contributed by atoms with Gasteiger partial charge in [0.25, 0.3) is 0 Å². The summed E-state index contributed by atoms with van der Waals surface area (Å²) in [6, 6.07) is 0. The van der Waals surface area contributed by atoms with E-state index in [1.807, 2.05) is 6.92 Å². The fourth-order valence-electron chi connectivity index (χ4n) is 1.19. The van der Waals surface area contributed by atoms with Crippen LogP contribution < -0.4 is 0 Å². The molecule has 0 spiro atoms. The van der Waals surface area contributed by atoms with Crippen molar-refractivity contribution in [2.75, 3.05) is 0 Å². The summed E-state index contributed by atoms with van der Waals surface area (Å²) < 4.78 is 0. The first-order valence-corrected chi connectivity index (χ1v) is 4.10. The molecule has 0 heteroatoms. The van der Waals surface area contributed by atoms with E-state index in [4.69, 9.17) is 0 Å². The predicted molar refractivity (Wildman–Crippen MR) is 50.4 cm³/mol. The molecule has 1 aliphatic carbocycles. The van der Waals surface area contributed by atoms with E-state index < -0.39 is 0 Å². The highest BCUT2D eigenvalue weighted by Crippen LogP contribution is 2.19. The highest BCUT2D eigenvalue weighted by molar-refractivity contribution is 5.53. The molecule has 0 atom stereocenters. The zero-order valence-corrected chi connectivity index (χ0v) is 7.17. The SMILES string of the molecule is CC=CC1=CC=CC1=CCC. The molecule has 0 unspecified atom stereocenters. The van der Waals surface area contributed by atoms with Crippen LogP contribution in [0.4, 0.5) is 0 Å². The van der Waals surface area contributed by atoms with Crippen molar-refractivity contribution in [3.63, 3.8) is 0 Å². The third kappa shape index (κ3) is 1.94. The Morgan fingerprint density at radius 3 is 2.91 bits per heavy atom. The molecular formula is C11H14. The molecule has 0 aromatic heterocycles. The second kappa shape index (κ2) is 3.97. The quantitative estimate of drug-likeness (QED) is 0.560. The van der Waals surface area contributed by atoms with E-state index in [0.717, 1.165) is 6.42 Å². The van der Waals surface area contributed by atoms with Gasteiger partial charge in [0.2, 0.25) is 0 Å². The Morgan fingerprint density at radius 1 is 1.45 bits per heavy atom. The average Bonchev–Trinajstić information content (AvgIpc) is 2.39. The van der Waals surface area contributed by atoms with Crippen molar-refractivity contribution in [3.8, 4) is 0 Å². The van der Waals surface area contributed by atoms with Crippen LogP contribution in [-0.4, -0.2) is 0 Å². The van der Waals surface area contributed by atoms with Crippen LogP contribution in [0.15, 0.2) is 47.6 Å². The summed E-state index contributed by atoms with van der Waals surface area (Å²) in [5, 5.41) is 0. The van der Waals surface area contributed by atoms with E-state index in [9.17, 15) is 0 Å². The third-order valence-electron chi connectivity index (χ3n) is 1.66. The molecular weight excluding hydrogens is 132 g/mol. The molecule has 11 heavy (non-hydrogen) atoms. The molecule has 0 bridgehead atoms. The van der Waals surface area contributed by atoms with E-state index >= 15 is 0 Å². The summed E-state index contributed by atoms with van der Waals surface area (Å²) in [6.07, 6.45) is 13.9. The number of allylic oxidation sites excluding steroid dienone is 8. The highest BCUT2D eigenvalue weighted by Gasteiger charge is 2.00. The van der Waals surface area contributed by atoms with Gasteiger partial charge < -0.3 is 0 Å². The fourth-order valence-corrected chi connectivity index (χ4v) is 1.19. The van der Waals surface area contributed by atoms with Gasteiger partial charge >= 0.3 is 0 Å². The van der Waals surface area contributed by atoms with Crippen molar-refractivity contribution >= 4 is 0 Å². The maximum Gasteiger partial charge on any atom is -0.0191 e. The van der Waals surface area contributed by atoms with Crippen molar-refractivity contribution in [1.29, 1.82) is 0 Å². The maximum absolute atomic E-state index is 2.25. The van der Waals surface area contributed by atoms with E-state index in [2.05, 4.69) is 43.4 Å². The lowest BCUT2D eigenvalue weighted by Gasteiger charge is -1.96. The minimum atomic E-state index is 1.11. The molecule has 0 fully saturated rings. The highest BCUT2D eigenvalue weighted by atomic mass is 14.0. The lowest BCUT2D eigenvalue weighted by molar-refractivity contribution is 1.21. The van der Waals surface area contributed by atoms with Gasteiger partial charge in [-0.1, -0.05) is 43.4 Å². The van der Waals surface area contributed by atoms with Gasteiger partial charge in [-0.25, -0.2) is 0 Å². The van der Waals surface area contributed by atoms with Crippen molar-refractivity contribution in [1.82, 2.24) is 0 Å². The second-order valence-corrected chi connectivity index (χ2v) is 2.55. The Kier molecular flexibility index (Phi) is 2.91. The van der Waals surface area contributed by atoms with E-state index in [-0.39, 0.29) is 0 Å². The zero-order chi connectivity index (χ0) is 8.10. The normalized spacial score (nSPS) is 20.2. The van der Waals surface area contributed by atoms with Crippen LogP contribution >= 0.6 is 0 Å². The number of hydrogen-bond donors (Lipinski definition) is 0. The fraction of sp³-hybridized carbons (Fsp3) is 0.273. The molecule has 1 aliphatic rings. The molecule has 58 valence electrons. The van der Waals surface area contributed by atoms with Crippen LogP contribution in [0, 0.1) is 0 Å². The van der Waals surface area contributed by atoms with Crippen LogP contribution in [-0.2, 0) is 0 Å². The molecule has 0 radical (unpaired) electrons. The molecule has 0 aromatic rings. The van der Waals surface area contributed by atoms with Crippen molar-refractivity contribution < 1.29 is 0 Å². The molecule has 0 amide bonds. The Morgan fingerprint density at radius 2 is 2.27 bits per heavy atom. The zero-order valence-electron chi connectivity index (χ0n) is 7.17. The lowest BCUT2D eigenvalue weighted by Crippen LogP contribution is -1.76. The molecule has 0 heterocycles. The lowest BCUT2D eigenvalue weighted by atomic mass is 10.1. The largest absolute Gasteiger partial charge is 0.0870 e. The minimum Gasteiger partial charge on any atom is -0.0870 e. The topological polar surface area (TPSA) is 0 Å². The Bertz CT molecular complexity index is 237. The summed E-state index contributed by atoms with van der Waals surface area (Å²) in [6.45, 7) is 4.20. The first-order valence-electron chi connectivity index (χ1n) is 4.10. The van der Waals surface area contributed by atoms with Gasteiger partial charge in [0.15, 0.2) is 0 Å².